The number of aliphatic carboxylic acids is 1. The zero-order chi connectivity index (χ0) is 14.0. The van der Waals surface area contributed by atoms with E-state index in [2.05, 4.69) is 15.9 Å². The minimum atomic E-state index is -0.778. The lowest BCUT2D eigenvalue weighted by atomic mass is 10.0. The Labute approximate surface area is 124 Å². The molecule has 4 nitrogen and oxygen atoms in total. The molecule has 2 unspecified atom stereocenters. The second-order valence-electron chi connectivity index (χ2n) is 5.00. The second-order valence-corrected chi connectivity index (χ2v) is 7.29. The minimum Gasteiger partial charge on any atom is -0.481 e. The van der Waals surface area contributed by atoms with E-state index in [1.165, 1.54) is 0 Å². The topological polar surface area (TPSA) is 57.6 Å². The summed E-state index contributed by atoms with van der Waals surface area (Å²) < 4.78 is 1.05. The van der Waals surface area contributed by atoms with Gasteiger partial charge in [-0.15, -0.1) is 11.3 Å². The molecule has 0 radical (unpaired) electrons. The van der Waals surface area contributed by atoms with Gasteiger partial charge in [-0.05, 0) is 52.2 Å². The molecule has 1 aromatic heterocycles. The largest absolute Gasteiger partial charge is 0.481 e. The molecule has 0 bridgehead atoms. The Bertz CT molecular complexity index is 488. The van der Waals surface area contributed by atoms with Gasteiger partial charge in [-0.2, -0.15) is 0 Å². The molecule has 1 aliphatic carbocycles. The smallest absolute Gasteiger partial charge is 0.306 e. The van der Waals surface area contributed by atoms with E-state index in [1.807, 2.05) is 11.4 Å². The Morgan fingerprint density at radius 1 is 1.47 bits per heavy atom. The van der Waals surface area contributed by atoms with Crippen LogP contribution in [0.3, 0.4) is 0 Å². The molecule has 1 aliphatic rings. The molecule has 0 spiro atoms. The third-order valence-electron chi connectivity index (χ3n) is 3.55. The molecule has 19 heavy (non-hydrogen) atoms. The number of carbonyl (C=O) groups excluding carboxylic acids is 1. The van der Waals surface area contributed by atoms with Crippen LogP contribution in [-0.2, 0) is 16.1 Å². The molecule has 0 saturated heterocycles. The number of nitrogens with zero attached hydrogens (tertiary/aromatic N) is 1. The number of hydrogen-bond donors (Lipinski definition) is 1. The van der Waals surface area contributed by atoms with Crippen molar-refractivity contribution in [3.05, 3.63) is 20.8 Å². The third-order valence-corrected chi connectivity index (χ3v) is 5.10. The second kappa shape index (κ2) is 6.05. The predicted molar refractivity (Wildman–Crippen MR) is 77.0 cm³/mol. The summed E-state index contributed by atoms with van der Waals surface area (Å²) in [6, 6.07) is 2.00. The highest BCUT2D eigenvalue weighted by Gasteiger charge is 2.35. The lowest BCUT2D eigenvalue weighted by Gasteiger charge is -2.20. The Morgan fingerprint density at radius 3 is 2.68 bits per heavy atom. The summed E-state index contributed by atoms with van der Waals surface area (Å²) in [7, 11) is 1.78. The zero-order valence-electron chi connectivity index (χ0n) is 10.6. The van der Waals surface area contributed by atoms with Crippen molar-refractivity contribution in [1.82, 2.24) is 4.90 Å². The average Bonchev–Trinajstić information content (AvgIpc) is 2.97. The quantitative estimate of drug-likeness (QED) is 0.912. The van der Waals surface area contributed by atoms with Gasteiger partial charge in [0.2, 0.25) is 5.91 Å². The Balaban J connectivity index is 1.91. The number of thiophene rings is 1. The fourth-order valence-corrected chi connectivity index (χ4v) is 3.72. The van der Waals surface area contributed by atoms with Gasteiger partial charge in [-0.25, -0.2) is 0 Å². The van der Waals surface area contributed by atoms with Crippen molar-refractivity contribution in [2.24, 2.45) is 11.8 Å². The fourth-order valence-electron chi connectivity index (χ4n) is 2.52. The van der Waals surface area contributed by atoms with Crippen molar-refractivity contribution in [1.29, 1.82) is 0 Å². The standard InChI is InChI=1S/C13H16BrNO3S/c1-15(6-8-4-11(14)19-7-8)12(16)9-2-3-10(5-9)13(17)18/h4,7,9-10H,2-3,5-6H2,1H3,(H,17,18). The molecule has 0 aliphatic heterocycles. The first-order valence-corrected chi connectivity index (χ1v) is 7.85. The lowest BCUT2D eigenvalue weighted by Crippen LogP contribution is -2.31. The number of hydrogen-bond acceptors (Lipinski definition) is 3. The van der Waals surface area contributed by atoms with Gasteiger partial charge in [-0.3, -0.25) is 9.59 Å². The van der Waals surface area contributed by atoms with Gasteiger partial charge in [0.15, 0.2) is 0 Å². The highest BCUT2D eigenvalue weighted by atomic mass is 79.9. The first-order chi connectivity index (χ1) is 8.97. The van der Waals surface area contributed by atoms with E-state index in [9.17, 15) is 9.59 Å². The van der Waals surface area contributed by atoms with Gasteiger partial charge in [0.25, 0.3) is 0 Å². The van der Waals surface area contributed by atoms with Crippen LogP contribution in [0.15, 0.2) is 15.2 Å². The Hall–Kier alpha value is -0.880. The maximum atomic E-state index is 12.2. The first-order valence-electron chi connectivity index (χ1n) is 6.18. The van der Waals surface area contributed by atoms with Crippen LogP contribution in [0.5, 0.6) is 0 Å². The van der Waals surface area contributed by atoms with Crippen molar-refractivity contribution in [2.75, 3.05) is 7.05 Å². The molecule has 1 aromatic rings. The van der Waals surface area contributed by atoms with Crippen molar-refractivity contribution in [3.63, 3.8) is 0 Å². The highest BCUT2D eigenvalue weighted by Crippen LogP contribution is 2.32. The van der Waals surface area contributed by atoms with E-state index in [0.717, 1.165) is 9.35 Å². The molecule has 6 heteroatoms. The molecular weight excluding hydrogens is 330 g/mol. The van der Waals surface area contributed by atoms with Gasteiger partial charge in [-0.1, -0.05) is 0 Å². The van der Waals surface area contributed by atoms with Crippen LogP contribution < -0.4 is 0 Å². The van der Waals surface area contributed by atoms with E-state index in [4.69, 9.17) is 5.11 Å². The molecular formula is C13H16BrNO3S. The lowest BCUT2D eigenvalue weighted by molar-refractivity contribution is -0.141. The minimum absolute atomic E-state index is 0.0612. The zero-order valence-corrected chi connectivity index (χ0v) is 13.0. The van der Waals surface area contributed by atoms with Crippen LogP contribution in [0.2, 0.25) is 0 Å². The molecule has 1 amide bonds. The summed E-state index contributed by atoms with van der Waals surface area (Å²) in [4.78, 5) is 24.9. The summed E-state index contributed by atoms with van der Waals surface area (Å²) in [5, 5.41) is 11.0. The number of carboxylic acid groups (broad SMARTS) is 1. The molecule has 1 fully saturated rings. The Kier molecular flexibility index (Phi) is 4.62. The maximum Gasteiger partial charge on any atom is 0.306 e. The van der Waals surface area contributed by atoms with Gasteiger partial charge in [0.1, 0.15) is 0 Å². The summed E-state index contributed by atoms with van der Waals surface area (Å²) in [5.74, 6) is -1.20. The average molecular weight is 346 g/mol. The van der Waals surface area contributed by atoms with Crippen LogP contribution >= 0.6 is 27.3 Å². The monoisotopic (exact) mass is 345 g/mol. The molecule has 1 saturated carbocycles. The summed E-state index contributed by atoms with van der Waals surface area (Å²) in [6.07, 6.45) is 1.78. The van der Waals surface area contributed by atoms with Crippen molar-refractivity contribution >= 4 is 39.1 Å². The van der Waals surface area contributed by atoms with Crippen LogP contribution in [0.1, 0.15) is 24.8 Å². The van der Waals surface area contributed by atoms with E-state index in [0.29, 0.717) is 25.8 Å². The number of carbonyl (C=O) groups is 2. The number of carboxylic acids is 1. The highest BCUT2D eigenvalue weighted by molar-refractivity contribution is 9.11. The number of amides is 1. The predicted octanol–water partition coefficient (Wildman–Crippen LogP) is 2.97. The van der Waals surface area contributed by atoms with E-state index in [1.54, 1.807) is 23.3 Å². The van der Waals surface area contributed by atoms with E-state index < -0.39 is 5.97 Å². The molecule has 1 heterocycles. The summed E-state index contributed by atoms with van der Waals surface area (Å²) >= 11 is 4.99. The molecule has 1 N–H and O–H groups in total. The third kappa shape index (κ3) is 3.57. The first kappa shape index (κ1) is 14.5. The maximum absolute atomic E-state index is 12.2. The van der Waals surface area contributed by atoms with Crippen LogP contribution in [0.25, 0.3) is 0 Å². The SMILES string of the molecule is CN(Cc1csc(Br)c1)C(=O)C1CCC(C(=O)O)C1. The summed E-state index contributed by atoms with van der Waals surface area (Å²) in [6.45, 7) is 0.579. The number of rotatable bonds is 4. The molecule has 0 aromatic carbocycles. The molecule has 104 valence electrons. The molecule has 2 atom stereocenters. The molecule has 2 rings (SSSR count). The van der Waals surface area contributed by atoms with Crippen LogP contribution in [0, 0.1) is 11.8 Å². The normalized spacial score (nSPS) is 22.4. The van der Waals surface area contributed by atoms with Crippen molar-refractivity contribution < 1.29 is 14.7 Å². The van der Waals surface area contributed by atoms with Crippen molar-refractivity contribution in [3.8, 4) is 0 Å². The van der Waals surface area contributed by atoms with Crippen molar-refractivity contribution in [2.45, 2.75) is 25.8 Å². The van der Waals surface area contributed by atoms with Gasteiger partial charge in [0.05, 0.1) is 9.70 Å². The van der Waals surface area contributed by atoms with Crippen LogP contribution in [-0.4, -0.2) is 28.9 Å². The van der Waals surface area contributed by atoms with Gasteiger partial charge >= 0.3 is 5.97 Å². The van der Waals surface area contributed by atoms with E-state index >= 15 is 0 Å². The van der Waals surface area contributed by atoms with E-state index in [-0.39, 0.29) is 17.7 Å². The number of halogens is 1. The Morgan fingerprint density at radius 2 is 2.16 bits per heavy atom. The van der Waals surface area contributed by atoms with Crippen LogP contribution in [0.4, 0.5) is 0 Å². The van der Waals surface area contributed by atoms with Gasteiger partial charge < -0.3 is 10.0 Å². The summed E-state index contributed by atoms with van der Waals surface area (Å²) in [5.41, 5.74) is 1.10. The van der Waals surface area contributed by atoms with Gasteiger partial charge in [0, 0.05) is 19.5 Å². The fraction of sp³-hybridized carbons (Fsp3) is 0.538.